The number of carbonyl (C=O) groups excluding carboxylic acids is 3. The average Bonchev–Trinajstić information content (AvgIpc) is 3.06. The molecule has 0 aliphatic carbocycles. The molecule has 3 N–H and O–H groups in total. The number of esters is 1. The van der Waals surface area contributed by atoms with Gasteiger partial charge in [0.15, 0.2) is 0 Å². The molecule has 0 saturated carbocycles. The highest BCUT2D eigenvalue weighted by Crippen LogP contribution is 2.28. The number of anilines is 1. The molecule has 2 heterocycles. The minimum atomic E-state index is -0.887. The zero-order valence-corrected chi connectivity index (χ0v) is 12.4. The first-order valence-corrected chi connectivity index (χ1v) is 6.98. The number of hydrogen-bond donors (Lipinski definition) is 2. The minimum absolute atomic E-state index is 0.0722. The molecule has 1 aromatic heterocycles. The minimum Gasteiger partial charge on any atom is -0.462 e. The number of rotatable bonds is 5. The van der Waals surface area contributed by atoms with E-state index in [4.69, 9.17) is 19.6 Å². The number of hydrogen-bond acceptors (Lipinski definition) is 6. The van der Waals surface area contributed by atoms with Crippen LogP contribution in [-0.2, 0) is 14.3 Å². The second-order valence-electron chi connectivity index (χ2n) is 4.81. The van der Waals surface area contributed by atoms with Crippen LogP contribution in [0.2, 0.25) is 0 Å². The van der Waals surface area contributed by atoms with Gasteiger partial charge in [-0.2, -0.15) is 0 Å². The molecule has 2 amide bonds. The summed E-state index contributed by atoms with van der Waals surface area (Å²) < 4.78 is 15.4. The molecule has 120 valence electrons. The second-order valence-corrected chi connectivity index (χ2v) is 4.81. The first-order valence-electron chi connectivity index (χ1n) is 6.98. The second kappa shape index (κ2) is 6.61. The van der Waals surface area contributed by atoms with Crippen molar-refractivity contribution in [1.82, 2.24) is 0 Å². The quantitative estimate of drug-likeness (QED) is 0.782. The van der Waals surface area contributed by atoms with Crippen LogP contribution in [0.15, 0.2) is 4.42 Å². The molecule has 1 aliphatic rings. The maximum atomic E-state index is 12.0. The van der Waals surface area contributed by atoms with E-state index in [0.29, 0.717) is 13.0 Å². The number of carbonyl (C=O) groups is 3. The van der Waals surface area contributed by atoms with Crippen LogP contribution in [0.5, 0.6) is 0 Å². The molecule has 1 aliphatic heterocycles. The van der Waals surface area contributed by atoms with Crippen molar-refractivity contribution in [3.8, 4) is 0 Å². The van der Waals surface area contributed by atoms with Gasteiger partial charge < -0.3 is 19.6 Å². The number of nitrogens with one attached hydrogen (secondary N) is 1. The van der Waals surface area contributed by atoms with Crippen molar-refractivity contribution in [3.63, 3.8) is 0 Å². The molecule has 8 nitrogen and oxygen atoms in total. The summed E-state index contributed by atoms with van der Waals surface area (Å²) in [7, 11) is 0. The van der Waals surface area contributed by atoms with E-state index in [2.05, 4.69) is 5.32 Å². The SMILES string of the molecule is CCOC(=O)c1c(C)oc(NC(=O)C2CCCO2)c1C(N)=O. The lowest BCUT2D eigenvalue weighted by molar-refractivity contribution is -0.124. The van der Waals surface area contributed by atoms with Gasteiger partial charge in [0.2, 0.25) is 5.88 Å². The zero-order chi connectivity index (χ0) is 16.3. The topological polar surface area (TPSA) is 121 Å². The smallest absolute Gasteiger partial charge is 0.342 e. The van der Waals surface area contributed by atoms with Gasteiger partial charge in [-0.05, 0) is 26.7 Å². The summed E-state index contributed by atoms with van der Waals surface area (Å²) in [4.78, 5) is 35.6. The van der Waals surface area contributed by atoms with Gasteiger partial charge in [-0.3, -0.25) is 14.9 Å². The first-order chi connectivity index (χ1) is 10.5. The molecular formula is C14H18N2O6. The highest BCUT2D eigenvalue weighted by atomic mass is 16.5. The van der Waals surface area contributed by atoms with Gasteiger partial charge in [0.25, 0.3) is 11.8 Å². The Morgan fingerprint density at radius 3 is 2.64 bits per heavy atom. The Labute approximate surface area is 126 Å². The van der Waals surface area contributed by atoms with Crippen molar-refractivity contribution >= 4 is 23.7 Å². The van der Waals surface area contributed by atoms with Crippen molar-refractivity contribution in [2.24, 2.45) is 5.73 Å². The number of aryl methyl sites for hydroxylation is 1. The Balaban J connectivity index is 2.31. The summed E-state index contributed by atoms with van der Waals surface area (Å²) in [5, 5.41) is 2.45. The third kappa shape index (κ3) is 3.11. The van der Waals surface area contributed by atoms with E-state index in [0.717, 1.165) is 6.42 Å². The third-order valence-electron chi connectivity index (χ3n) is 3.27. The molecule has 0 bridgehead atoms. The molecular weight excluding hydrogens is 292 g/mol. The van der Waals surface area contributed by atoms with Crippen LogP contribution in [0.4, 0.5) is 5.88 Å². The van der Waals surface area contributed by atoms with E-state index in [-0.39, 0.29) is 29.4 Å². The predicted octanol–water partition coefficient (Wildman–Crippen LogP) is 0.981. The highest BCUT2D eigenvalue weighted by molar-refractivity contribution is 6.10. The van der Waals surface area contributed by atoms with Crippen LogP contribution in [0.3, 0.4) is 0 Å². The van der Waals surface area contributed by atoms with Gasteiger partial charge in [0.05, 0.1) is 6.61 Å². The molecule has 1 fully saturated rings. The van der Waals surface area contributed by atoms with E-state index in [1.807, 2.05) is 0 Å². The fourth-order valence-corrected chi connectivity index (χ4v) is 2.29. The third-order valence-corrected chi connectivity index (χ3v) is 3.27. The van der Waals surface area contributed by atoms with Gasteiger partial charge in [-0.15, -0.1) is 0 Å². The molecule has 1 unspecified atom stereocenters. The highest BCUT2D eigenvalue weighted by Gasteiger charge is 2.31. The summed E-state index contributed by atoms with van der Waals surface area (Å²) in [6, 6.07) is 0. The van der Waals surface area contributed by atoms with E-state index in [9.17, 15) is 14.4 Å². The molecule has 1 aromatic rings. The van der Waals surface area contributed by atoms with Crippen LogP contribution >= 0.6 is 0 Å². The number of furan rings is 1. The Morgan fingerprint density at radius 2 is 2.09 bits per heavy atom. The van der Waals surface area contributed by atoms with Crippen LogP contribution in [0.1, 0.15) is 46.2 Å². The fourth-order valence-electron chi connectivity index (χ4n) is 2.29. The van der Waals surface area contributed by atoms with E-state index >= 15 is 0 Å². The average molecular weight is 310 g/mol. The van der Waals surface area contributed by atoms with Gasteiger partial charge in [-0.25, -0.2) is 4.79 Å². The number of amides is 2. The molecule has 0 radical (unpaired) electrons. The van der Waals surface area contributed by atoms with E-state index in [1.165, 1.54) is 6.92 Å². The molecule has 8 heteroatoms. The summed E-state index contributed by atoms with van der Waals surface area (Å²) in [5.74, 6) is -2.06. The summed E-state index contributed by atoms with van der Waals surface area (Å²) in [6.45, 7) is 3.77. The normalized spacial score (nSPS) is 17.3. The Morgan fingerprint density at radius 1 is 1.36 bits per heavy atom. The van der Waals surface area contributed by atoms with Crippen LogP contribution < -0.4 is 11.1 Å². The van der Waals surface area contributed by atoms with Gasteiger partial charge >= 0.3 is 5.97 Å². The lowest BCUT2D eigenvalue weighted by atomic mass is 10.1. The maximum Gasteiger partial charge on any atom is 0.342 e. The lowest BCUT2D eigenvalue weighted by Crippen LogP contribution is -2.28. The van der Waals surface area contributed by atoms with E-state index in [1.54, 1.807) is 6.92 Å². The number of primary amides is 1. The maximum absolute atomic E-state index is 12.0. The molecule has 2 rings (SSSR count). The first kappa shape index (κ1) is 16.0. The van der Waals surface area contributed by atoms with Crippen LogP contribution in [0, 0.1) is 6.92 Å². The van der Waals surface area contributed by atoms with Crippen LogP contribution in [-0.4, -0.2) is 37.1 Å². The fraction of sp³-hybridized carbons (Fsp3) is 0.500. The van der Waals surface area contributed by atoms with Crippen molar-refractivity contribution in [2.45, 2.75) is 32.8 Å². The monoisotopic (exact) mass is 310 g/mol. The van der Waals surface area contributed by atoms with Crippen molar-refractivity contribution in [1.29, 1.82) is 0 Å². The Hall–Kier alpha value is -2.35. The van der Waals surface area contributed by atoms with E-state index < -0.39 is 23.9 Å². The molecule has 1 atom stereocenters. The van der Waals surface area contributed by atoms with Crippen molar-refractivity contribution in [2.75, 3.05) is 18.5 Å². The largest absolute Gasteiger partial charge is 0.462 e. The number of ether oxygens (including phenoxy) is 2. The van der Waals surface area contributed by atoms with Crippen molar-refractivity contribution < 1.29 is 28.3 Å². The van der Waals surface area contributed by atoms with Crippen molar-refractivity contribution in [3.05, 3.63) is 16.9 Å². The summed E-state index contributed by atoms with van der Waals surface area (Å²) in [6.07, 6.45) is 0.769. The Bertz CT molecular complexity index is 601. The Kier molecular flexibility index (Phi) is 4.81. The molecule has 1 saturated heterocycles. The predicted molar refractivity (Wildman–Crippen MR) is 75.5 cm³/mol. The number of nitrogens with two attached hydrogens (primary N) is 1. The van der Waals surface area contributed by atoms with Gasteiger partial charge in [-0.1, -0.05) is 0 Å². The van der Waals surface area contributed by atoms with Crippen LogP contribution in [0.25, 0.3) is 0 Å². The van der Waals surface area contributed by atoms with Gasteiger partial charge in [0, 0.05) is 6.61 Å². The summed E-state index contributed by atoms with van der Waals surface area (Å²) >= 11 is 0. The molecule has 0 aromatic carbocycles. The molecule has 0 spiro atoms. The standard InChI is InChI=1S/C14H18N2O6/c1-3-20-14(19)9-7(2)22-13(10(9)11(15)17)16-12(18)8-5-4-6-21-8/h8H,3-6H2,1-2H3,(H2,15,17)(H,16,18). The lowest BCUT2D eigenvalue weighted by Gasteiger charge is -2.09. The zero-order valence-electron chi connectivity index (χ0n) is 12.4. The molecule has 22 heavy (non-hydrogen) atoms. The van der Waals surface area contributed by atoms with Gasteiger partial charge in [0.1, 0.15) is 23.0 Å². The summed E-state index contributed by atoms with van der Waals surface area (Å²) in [5.41, 5.74) is 5.04.